The summed E-state index contributed by atoms with van der Waals surface area (Å²) in [7, 11) is -2.59. The number of rotatable bonds is 6. The second-order valence-electron chi connectivity index (χ2n) is 7.53. The van der Waals surface area contributed by atoms with Crippen LogP contribution in [0.15, 0.2) is 23.1 Å². The quantitative estimate of drug-likeness (QED) is 0.638. The lowest BCUT2D eigenvalue weighted by molar-refractivity contribution is 0.100. The highest BCUT2D eigenvalue weighted by atomic mass is 32.2. The molecule has 0 radical (unpaired) electrons. The summed E-state index contributed by atoms with van der Waals surface area (Å²) in [6.07, 6.45) is 0. The van der Waals surface area contributed by atoms with E-state index in [9.17, 15) is 18.0 Å². The van der Waals surface area contributed by atoms with Gasteiger partial charge >= 0.3 is 0 Å². The third-order valence-electron chi connectivity index (χ3n) is 4.01. The number of sulfonamides is 1. The van der Waals surface area contributed by atoms with E-state index in [-0.39, 0.29) is 21.8 Å². The van der Waals surface area contributed by atoms with Crippen molar-refractivity contribution < 1.29 is 22.7 Å². The lowest BCUT2D eigenvalue weighted by atomic mass is 10.1. The molecule has 1 heterocycles. The molecule has 0 aliphatic rings. The SMILES string of the molecule is COc1ccc(C(=O)Nc2sc(C)c(C)c2C(N)=O)cc1S(=O)(=O)NC(C)(C)C. The average Bonchev–Trinajstić information content (AvgIpc) is 2.86. The predicted molar refractivity (Wildman–Crippen MR) is 113 cm³/mol. The highest BCUT2D eigenvalue weighted by molar-refractivity contribution is 7.89. The number of primary amides is 1. The minimum Gasteiger partial charge on any atom is -0.495 e. The van der Waals surface area contributed by atoms with Crippen LogP contribution in [0.25, 0.3) is 0 Å². The van der Waals surface area contributed by atoms with Gasteiger partial charge in [0.2, 0.25) is 10.0 Å². The Balaban J connectivity index is 2.46. The number of ether oxygens (including phenoxy) is 1. The Hall–Kier alpha value is -2.43. The third-order valence-corrected chi connectivity index (χ3v) is 6.92. The first-order chi connectivity index (χ1) is 13.3. The Morgan fingerprint density at radius 3 is 2.31 bits per heavy atom. The fourth-order valence-electron chi connectivity index (χ4n) is 2.67. The lowest BCUT2D eigenvalue weighted by Gasteiger charge is -2.21. The number of amides is 2. The highest BCUT2D eigenvalue weighted by Gasteiger charge is 2.27. The van der Waals surface area contributed by atoms with Gasteiger partial charge in [-0.3, -0.25) is 9.59 Å². The first-order valence-electron chi connectivity index (χ1n) is 8.70. The molecular formula is C19H25N3O5S2. The Morgan fingerprint density at radius 1 is 1.17 bits per heavy atom. The molecule has 0 aliphatic carbocycles. The normalized spacial score (nSPS) is 11.9. The Kier molecular flexibility index (Phi) is 6.41. The first-order valence-corrected chi connectivity index (χ1v) is 11.0. The average molecular weight is 440 g/mol. The summed E-state index contributed by atoms with van der Waals surface area (Å²) in [4.78, 5) is 25.2. The maximum Gasteiger partial charge on any atom is 0.256 e. The summed E-state index contributed by atoms with van der Waals surface area (Å²) >= 11 is 1.23. The number of hydrogen-bond donors (Lipinski definition) is 3. The summed E-state index contributed by atoms with van der Waals surface area (Å²) < 4.78 is 33.2. The number of nitrogens with one attached hydrogen (secondary N) is 2. The maximum absolute atomic E-state index is 12.8. The summed E-state index contributed by atoms with van der Waals surface area (Å²) in [5, 5.41) is 2.98. The van der Waals surface area contributed by atoms with Crippen LogP contribution in [0.5, 0.6) is 5.75 Å². The molecule has 2 aromatic rings. The van der Waals surface area contributed by atoms with E-state index in [0.29, 0.717) is 10.6 Å². The zero-order valence-electron chi connectivity index (χ0n) is 17.2. The van der Waals surface area contributed by atoms with E-state index in [1.807, 2.05) is 6.92 Å². The summed E-state index contributed by atoms with van der Waals surface area (Å²) in [6.45, 7) is 8.69. The summed E-state index contributed by atoms with van der Waals surface area (Å²) in [6, 6.07) is 4.09. The van der Waals surface area contributed by atoms with E-state index >= 15 is 0 Å². The maximum atomic E-state index is 12.8. The number of carbonyl (C=O) groups is 2. The molecule has 0 aliphatic heterocycles. The van der Waals surface area contributed by atoms with Crippen LogP contribution in [0.4, 0.5) is 5.00 Å². The molecule has 0 saturated carbocycles. The van der Waals surface area contributed by atoms with Gasteiger partial charge in [-0.1, -0.05) is 0 Å². The van der Waals surface area contributed by atoms with Crippen LogP contribution < -0.4 is 20.5 Å². The monoisotopic (exact) mass is 439 g/mol. The molecule has 0 bridgehead atoms. The number of nitrogens with two attached hydrogens (primary N) is 1. The molecule has 0 atom stereocenters. The number of methoxy groups -OCH3 is 1. The topological polar surface area (TPSA) is 128 Å². The van der Waals surface area contributed by atoms with Crippen molar-refractivity contribution in [1.29, 1.82) is 0 Å². The number of carbonyl (C=O) groups excluding carboxylic acids is 2. The first kappa shape index (κ1) is 22.9. The Labute approximate surface area is 174 Å². The van der Waals surface area contributed by atoms with E-state index in [2.05, 4.69) is 10.0 Å². The standard InChI is InChI=1S/C19H25N3O5S2/c1-10-11(2)28-18(15(10)16(20)23)21-17(24)12-7-8-13(27-6)14(9-12)29(25,26)22-19(3,4)5/h7-9,22H,1-6H3,(H2,20,23)(H,21,24). The van der Waals surface area contributed by atoms with E-state index in [1.54, 1.807) is 27.7 Å². The van der Waals surface area contributed by atoms with Gasteiger partial charge in [0.25, 0.3) is 11.8 Å². The number of thiophene rings is 1. The fraction of sp³-hybridized carbons (Fsp3) is 0.368. The van der Waals surface area contributed by atoms with Gasteiger partial charge in [-0.05, 0) is 58.4 Å². The van der Waals surface area contributed by atoms with E-state index in [0.717, 1.165) is 4.88 Å². The van der Waals surface area contributed by atoms with Gasteiger partial charge in [-0.15, -0.1) is 11.3 Å². The Morgan fingerprint density at radius 2 is 1.79 bits per heavy atom. The molecule has 2 amide bonds. The van der Waals surface area contributed by atoms with Crippen molar-refractivity contribution in [1.82, 2.24) is 4.72 Å². The largest absolute Gasteiger partial charge is 0.495 e. The molecule has 1 aromatic heterocycles. The van der Waals surface area contributed by atoms with Crippen LogP contribution in [-0.4, -0.2) is 32.9 Å². The van der Waals surface area contributed by atoms with Gasteiger partial charge in [0.1, 0.15) is 15.6 Å². The number of anilines is 1. The fourth-order valence-corrected chi connectivity index (χ4v) is 5.35. The molecule has 1 aromatic carbocycles. The van der Waals surface area contributed by atoms with E-state index < -0.39 is 27.4 Å². The molecule has 0 fully saturated rings. The molecular weight excluding hydrogens is 414 g/mol. The second kappa shape index (κ2) is 8.13. The predicted octanol–water partition coefficient (Wildman–Crippen LogP) is 2.80. The van der Waals surface area contributed by atoms with Crippen LogP contribution in [0, 0.1) is 13.8 Å². The molecule has 158 valence electrons. The summed E-state index contributed by atoms with van der Waals surface area (Å²) in [5.74, 6) is -1.10. The molecule has 0 unspecified atom stereocenters. The van der Waals surface area contributed by atoms with Crippen LogP contribution in [0.1, 0.15) is 51.9 Å². The minimum atomic E-state index is -3.94. The van der Waals surface area contributed by atoms with Crippen LogP contribution in [0.3, 0.4) is 0 Å². The molecule has 10 heteroatoms. The number of aryl methyl sites for hydroxylation is 1. The minimum absolute atomic E-state index is 0.0965. The van der Waals surface area contributed by atoms with Crippen LogP contribution in [0.2, 0.25) is 0 Å². The second-order valence-corrected chi connectivity index (χ2v) is 10.4. The van der Waals surface area contributed by atoms with Gasteiger partial charge in [0, 0.05) is 16.0 Å². The lowest BCUT2D eigenvalue weighted by Crippen LogP contribution is -2.40. The van der Waals surface area contributed by atoms with Gasteiger partial charge in [0.15, 0.2) is 0 Å². The molecule has 29 heavy (non-hydrogen) atoms. The molecule has 4 N–H and O–H groups in total. The zero-order chi connectivity index (χ0) is 22.1. The van der Waals surface area contributed by atoms with Gasteiger partial charge in [0.05, 0.1) is 12.7 Å². The van der Waals surface area contributed by atoms with Gasteiger partial charge in [-0.2, -0.15) is 0 Å². The zero-order valence-corrected chi connectivity index (χ0v) is 18.8. The van der Waals surface area contributed by atoms with Crippen molar-refractivity contribution in [3.8, 4) is 5.75 Å². The van der Waals surface area contributed by atoms with Gasteiger partial charge in [-0.25, -0.2) is 13.1 Å². The van der Waals surface area contributed by atoms with E-state index in [4.69, 9.17) is 10.5 Å². The molecule has 2 rings (SSSR count). The highest BCUT2D eigenvalue weighted by Crippen LogP contribution is 2.33. The molecule has 8 nitrogen and oxygen atoms in total. The number of hydrogen-bond acceptors (Lipinski definition) is 6. The van der Waals surface area contributed by atoms with Crippen molar-refractivity contribution >= 4 is 38.2 Å². The van der Waals surface area contributed by atoms with Crippen molar-refractivity contribution in [2.24, 2.45) is 5.73 Å². The van der Waals surface area contributed by atoms with E-state index in [1.165, 1.54) is 36.6 Å². The van der Waals surface area contributed by atoms with Crippen molar-refractivity contribution in [2.45, 2.75) is 45.1 Å². The van der Waals surface area contributed by atoms with Crippen molar-refractivity contribution in [2.75, 3.05) is 12.4 Å². The number of benzene rings is 1. The molecule has 0 spiro atoms. The van der Waals surface area contributed by atoms with Crippen molar-refractivity contribution in [3.63, 3.8) is 0 Å². The Bertz CT molecular complexity index is 1070. The van der Waals surface area contributed by atoms with Crippen LogP contribution in [-0.2, 0) is 10.0 Å². The van der Waals surface area contributed by atoms with Crippen LogP contribution >= 0.6 is 11.3 Å². The summed E-state index contributed by atoms with van der Waals surface area (Å²) in [5.41, 5.74) is 5.76. The van der Waals surface area contributed by atoms with Crippen molar-refractivity contribution in [3.05, 3.63) is 39.8 Å². The smallest absolute Gasteiger partial charge is 0.256 e. The van der Waals surface area contributed by atoms with Gasteiger partial charge < -0.3 is 15.8 Å². The molecule has 0 saturated heterocycles. The third kappa shape index (κ3) is 5.14.